The molecule has 1 atom stereocenters. The normalized spacial score (nSPS) is 18.3. The number of rotatable bonds is 12. The molecular formula is C27H43N7O7S. The molecule has 2 aromatic rings. The minimum atomic E-state index is -3.26. The van der Waals surface area contributed by atoms with E-state index in [9.17, 15) is 27.9 Å². The summed E-state index contributed by atoms with van der Waals surface area (Å²) in [5.41, 5.74) is -0.255. The SMILES string of the molecule is CNS(=O)(=O)CC1CCC(N(C)c2ncnc3c2ccn3C(=O)NC(CCCCNC(=O)OC(C)(C)C)C(=O)O)CC1. The lowest BCUT2D eigenvalue weighted by molar-refractivity contribution is -0.139. The number of unbranched alkanes of at least 4 members (excludes halogenated alkanes) is 1. The number of nitrogens with one attached hydrogen (secondary N) is 3. The number of alkyl carbamates (subject to hydrolysis) is 1. The molecule has 3 rings (SSSR count). The van der Waals surface area contributed by atoms with Gasteiger partial charge in [0.05, 0.1) is 11.1 Å². The number of ether oxygens (including phenoxy) is 1. The van der Waals surface area contributed by atoms with Crippen LogP contribution in [0.1, 0.15) is 65.7 Å². The van der Waals surface area contributed by atoms with Gasteiger partial charge < -0.3 is 25.4 Å². The molecule has 2 heterocycles. The third-order valence-corrected chi connectivity index (χ3v) is 8.86. The minimum Gasteiger partial charge on any atom is -0.480 e. The molecule has 2 amide bonds. The van der Waals surface area contributed by atoms with Gasteiger partial charge >= 0.3 is 18.1 Å². The summed E-state index contributed by atoms with van der Waals surface area (Å²) < 4.78 is 32.7. The van der Waals surface area contributed by atoms with Gasteiger partial charge in [-0.2, -0.15) is 0 Å². The number of aromatic nitrogens is 3. The molecule has 4 N–H and O–H groups in total. The maximum absolute atomic E-state index is 13.1. The molecule has 1 saturated carbocycles. The van der Waals surface area contributed by atoms with E-state index in [0.29, 0.717) is 36.2 Å². The predicted molar refractivity (Wildman–Crippen MR) is 158 cm³/mol. The van der Waals surface area contributed by atoms with Crippen molar-refractivity contribution in [2.75, 3.05) is 31.3 Å². The zero-order valence-electron chi connectivity index (χ0n) is 24.9. The van der Waals surface area contributed by atoms with Crippen LogP contribution in [0.2, 0.25) is 0 Å². The first-order valence-electron chi connectivity index (χ1n) is 14.2. The number of carboxylic acid groups (broad SMARTS) is 1. The fraction of sp³-hybridized carbons (Fsp3) is 0.667. The van der Waals surface area contributed by atoms with E-state index in [2.05, 4.69) is 25.3 Å². The van der Waals surface area contributed by atoms with Crippen molar-refractivity contribution in [3.63, 3.8) is 0 Å². The van der Waals surface area contributed by atoms with Gasteiger partial charge in [-0.25, -0.2) is 37.5 Å². The van der Waals surface area contributed by atoms with Crippen LogP contribution in [0.25, 0.3) is 11.0 Å². The molecule has 0 aliphatic heterocycles. The second-order valence-corrected chi connectivity index (χ2v) is 13.6. The van der Waals surface area contributed by atoms with Gasteiger partial charge in [0.2, 0.25) is 10.0 Å². The summed E-state index contributed by atoms with van der Waals surface area (Å²) in [6, 6.07) is 0.129. The van der Waals surface area contributed by atoms with Crippen molar-refractivity contribution in [3.8, 4) is 0 Å². The predicted octanol–water partition coefficient (Wildman–Crippen LogP) is 2.68. The molecule has 0 saturated heterocycles. The Balaban J connectivity index is 1.59. The van der Waals surface area contributed by atoms with Crippen LogP contribution in [0.3, 0.4) is 0 Å². The maximum Gasteiger partial charge on any atom is 0.407 e. The van der Waals surface area contributed by atoms with Crippen LogP contribution >= 0.6 is 0 Å². The Morgan fingerprint density at radius 2 is 1.86 bits per heavy atom. The zero-order chi connectivity index (χ0) is 31.1. The van der Waals surface area contributed by atoms with E-state index in [-0.39, 0.29) is 24.1 Å². The lowest BCUT2D eigenvalue weighted by Crippen LogP contribution is -2.42. The van der Waals surface area contributed by atoms with Gasteiger partial charge in [0.1, 0.15) is 23.8 Å². The standard InChI is InChI=1S/C27H43N7O7S/c1-27(2,3)41-26(38)29-14-7-6-8-21(24(35)36)32-25(37)34-15-13-20-22(30-17-31-23(20)34)33(5)19-11-9-18(10-12-19)16-42(39,40)28-4/h13,15,17-19,21,28H,6-12,14,16H2,1-5H3,(H,29,38)(H,32,37)(H,35,36). The minimum absolute atomic E-state index is 0.103. The van der Waals surface area contributed by atoms with E-state index >= 15 is 0 Å². The van der Waals surface area contributed by atoms with Gasteiger partial charge in [-0.05, 0) is 84.7 Å². The molecule has 42 heavy (non-hydrogen) atoms. The van der Waals surface area contributed by atoms with Gasteiger partial charge in [-0.1, -0.05) is 0 Å². The van der Waals surface area contributed by atoms with E-state index in [1.54, 1.807) is 26.8 Å². The Kier molecular flexibility index (Phi) is 11.1. The van der Waals surface area contributed by atoms with Crippen LogP contribution in [-0.4, -0.2) is 90.2 Å². The monoisotopic (exact) mass is 609 g/mol. The molecule has 1 aliphatic rings. The van der Waals surface area contributed by atoms with Gasteiger partial charge in [0.25, 0.3) is 0 Å². The maximum atomic E-state index is 13.1. The summed E-state index contributed by atoms with van der Waals surface area (Å²) in [5, 5.41) is 15.5. The molecule has 1 unspecified atom stereocenters. The molecule has 234 valence electrons. The number of carboxylic acids is 1. The number of hydrogen-bond acceptors (Lipinski definition) is 9. The van der Waals surface area contributed by atoms with Crippen molar-refractivity contribution in [2.24, 2.45) is 5.92 Å². The molecule has 0 bridgehead atoms. The first kappa shape index (κ1) is 33.0. The Morgan fingerprint density at radius 1 is 1.17 bits per heavy atom. The molecule has 0 radical (unpaired) electrons. The molecular weight excluding hydrogens is 566 g/mol. The van der Waals surface area contributed by atoms with E-state index < -0.39 is 39.8 Å². The molecule has 0 spiro atoms. The smallest absolute Gasteiger partial charge is 0.407 e. The van der Waals surface area contributed by atoms with Crippen molar-refractivity contribution >= 4 is 45.0 Å². The van der Waals surface area contributed by atoms with E-state index in [1.807, 2.05) is 11.9 Å². The third kappa shape index (κ3) is 9.28. The molecule has 1 aliphatic carbocycles. The summed E-state index contributed by atoms with van der Waals surface area (Å²) >= 11 is 0. The average molecular weight is 610 g/mol. The quantitative estimate of drug-likeness (QED) is 0.261. The topological polar surface area (TPSA) is 185 Å². The molecule has 1 fully saturated rings. The number of sulfonamides is 1. The average Bonchev–Trinajstić information content (AvgIpc) is 3.35. The van der Waals surface area contributed by atoms with E-state index in [4.69, 9.17) is 4.74 Å². The number of carbonyl (C=O) groups is 3. The van der Waals surface area contributed by atoms with Crippen molar-refractivity contribution in [3.05, 3.63) is 18.6 Å². The highest BCUT2D eigenvalue weighted by molar-refractivity contribution is 7.89. The van der Waals surface area contributed by atoms with Crippen LogP contribution < -0.4 is 20.3 Å². The Labute approximate surface area is 246 Å². The summed E-state index contributed by atoms with van der Waals surface area (Å²) in [6.07, 6.45) is 6.69. The van der Waals surface area contributed by atoms with Crippen LogP contribution in [0.5, 0.6) is 0 Å². The summed E-state index contributed by atoms with van der Waals surface area (Å²) in [5.74, 6) is -0.292. The number of hydrogen-bond donors (Lipinski definition) is 4. The fourth-order valence-corrected chi connectivity index (χ4v) is 6.22. The van der Waals surface area contributed by atoms with Gasteiger partial charge in [0.15, 0.2) is 5.65 Å². The number of amides is 2. The third-order valence-electron chi connectivity index (χ3n) is 7.33. The van der Waals surface area contributed by atoms with Crippen molar-refractivity contribution in [1.29, 1.82) is 0 Å². The van der Waals surface area contributed by atoms with Gasteiger partial charge in [-0.15, -0.1) is 0 Å². The lowest BCUT2D eigenvalue weighted by Gasteiger charge is -2.35. The van der Waals surface area contributed by atoms with Gasteiger partial charge in [-0.3, -0.25) is 4.57 Å². The highest BCUT2D eigenvalue weighted by Gasteiger charge is 2.29. The second-order valence-electron chi connectivity index (χ2n) is 11.7. The highest BCUT2D eigenvalue weighted by Crippen LogP contribution is 2.32. The summed E-state index contributed by atoms with van der Waals surface area (Å²) in [4.78, 5) is 47.5. The van der Waals surface area contributed by atoms with Crippen LogP contribution in [0.15, 0.2) is 18.6 Å². The summed E-state index contributed by atoms with van der Waals surface area (Å²) in [6.45, 7) is 5.62. The van der Waals surface area contributed by atoms with Crippen molar-refractivity contribution in [1.82, 2.24) is 29.9 Å². The van der Waals surface area contributed by atoms with Crippen molar-refractivity contribution < 1.29 is 32.6 Å². The highest BCUT2D eigenvalue weighted by atomic mass is 32.2. The Hall–Kier alpha value is -3.46. The molecule has 0 aromatic carbocycles. The molecule has 15 heteroatoms. The molecule has 2 aromatic heterocycles. The molecule has 14 nitrogen and oxygen atoms in total. The van der Waals surface area contributed by atoms with Crippen LogP contribution in [-0.2, 0) is 19.6 Å². The first-order chi connectivity index (χ1) is 19.7. The van der Waals surface area contributed by atoms with Crippen LogP contribution in [0.4, 0.5) is 15.4 Å². The van der Waals surface area contributed by atoms with Gasteiger partial charge in [0, 0.05) is 25.8 Å². The van der Waals surface area contributed by atoms with E-state index in [1.165, 1.54) is 24.1 Å². The number of fused-ring (bicyclic) bond motifs is 1. The Bertz CT molecular complexity index is 1350. The lowest BCUT2D eigenvalue weighted by atomic mass is 9.86. The first-order valence-corrected chi connectivity index (χ1v) is 15.8. The fourth-order valence-electron chi connectivity index (χ4n) is 5.10. The van der Waals surface area contributed by atoms with E-state index in [0.717, 1.165) is 25.7 Å². The van der Waals surface area contributed by atoms with Crippen molar-refractivity contribution in [2.45, 2.75) is 83.4 Å². The van der Waals surface area contributed by atoms with Crippen LogP contribution in [0, 0.1) is 5.92 Å². The number of carbonyl (C=O) groups excluding carboxylic acids is 2. The number of anilines is 1. The zero-order valence-corrected chi connectivity index (χ0v) is 25.7. The number of aliphatic carboxylic acids is 1. The largest absolute Gasteiger partial charge is 0.480 e. The summed E-state index contributed by atoms with van der Waals surface area (Å²) in [7, 11) is 0.0965. The number of nitrogens with zero attached hydrogens (tertiary/aromatic N) is 4. The second kappa shape index (κ2) is 14.1. The Morgan fingerprint density at radius 3 is 2.48 bits per heavy atom.